The van der Waals surface area contributed by atoms with Crippen molar-refractivity contribution in [1.29, 1.82) is 5.26 Å². The summed E-state index contributed by atoms with van der Waals surface area (Å²) in [5, 5.41) is 18.4. The van der Waals surface area contributed by atoms with Gasteiger partial charge in [-0.25, -0.2) is 19.2 Å². The zero-order valence-electron chi connectivity index (χ0n) is 14.9. The first-order valence-corrected chi connectivity index (χ1v) is 8.53. The van der Waals surface area contributed by atoms with Gasteiger partial charge in [-0.05, 0) is 53.8 Å². The molecular formula is C22H16FN3O2. The van der Waals surface area contributed by atoms with Crippen molar-refractivity contribution in [2.24, 2.45) is 0 Å². The third-order valence-corrected chi connectivity index (χ3v) is 4.25. The fourth-order valence-electron chi connectivity index (χ4n) is 2.78. The second-order valence-corrected chi connectivity index (χ2v) is 6.11. The highest BCUT2D eigenvalue weighted by atomic mass is 19.1. The maximum absolute atomic E-state index is 14.0. The van der Waals surface area contributed by atoms with Crippen LogP contribution >= 0.6 is 0 Å². The molecule has 0 amide bonds. The number of carboxylic acid groups (broad SMARTS) is 1. The van der Waals surface area contributed by atoms with Crippen LogP contribution in [0, 0.1) is 17.1 Å². The van der Waals surface area contributed by atoms with Crippen LogP contribution in [0.15, 0.2) is 61.4 Å². The molecule has 0 saturated heterocycles. The zero-order valence-corrected chi connectivity index (χ0v) is 14.9. The Kier molecular flexibility index (Phi) is 5.56. The number of nitriles is 1. The lowest BCUT2D eigenvalue weighted by Crippen LogP contribution is -2.01. The average molecular weight is 373 g/mol. The quantitative estimate of drug-likeness (QED) is 0.636. The second-order valence-electron chi connectivity index (χ2n) is 6.11. The number of halogens is 1. The standard InChI is InChI=1S/C22H16FN3O2/c1-2-3-4-14-12-25-21(26-13-14)16-7-8-18(22(27)28)19(9-16)15-5-6-17(11-24)20(23)10-15/h2,5-10,12-13H,1,3-4H2,(H,27,28). The highest BCUT2D eigenvalue weighted by Crippen LogP contribution is 2.29. The van der Waals surface area contributed by atoms with Crippen LogP contribution in [-0.2, 0) is 6.42 Å². The molecule has 1 N–H and O–H groups in total. The van der Waals surface area contributed by atoms with E-state index in [9.17, 15) is 14.3 Å². The van der Waals surface area contributed by atoms with Gasteiger partial charge in [-0.1, -0.05) is 18.2 Å². The third-order valence-electron chi connectivity index (χ3n) is 4.25. The maximum atomic E-state index is 14.0. The van der Waals surface area contributed by atoms with Crippen LogP contribution in [0.25, 0.3) is 22.5 Å². The summed E-state index contributed by atoms with van der Waals surface area (Å²) in [6, 6.07) is 10.4. The molecule has 0 aliphatic rings. The van der Waals surface area contributed by atoms with E-state index in [1.165, 1.54) is 18.2 Å². The summed E-state index contributed by atoms with van der Waals surface area (Å²) in [6.45, 7) is 3.69. The van der Waals surface area contributed by atoms with Gasteiger partial charge in [-0.15, -0.1) is 6.58 Å². The van der Waals surface area contributed by atoms with E-state index < -0.39 is 11.8 Å². The van der Waals surface area contributed by atoms with E-state index in [0.29, 0.717) is 22.5 Å². The molecule has 2 aromatic carbocycles. The molecule has 0 aliphatic carbocycles. The number of benzene rings is 2. The van der Waals surface area contributed by atoms with Crippen molar-refractivity contribution in [3.8, 4) is 28.6 Å². The molecule has 1 heterocycles. The predicted molar refractivity (Wildman–Crippen MR) is 103 cm³/mol. The Bertz CT molecular complexity index is 1090. The lowest BCUT2D eigenvalue weighted by molar-refractivity contribution is 0.0697. The van der Waals surface area contributed by atoms with E-state index in [-0.39, 0.29) is 11.1 Å². The molecule has 0 radical (unpaired) electrons. The number of aryl methyl sites for hydroxylation is 1. The van der Waals surface area contributed by atoms with Gasteiger partial charge in [0.05, 0.1) is 11.1 Å². The first kappa shape index (κ1) is 18.9. The second kappa shape index (κ2) is 8.23. The molecule has 138 valence electrons. The topological polar surface area (TPSA) is 86.9 Å². The summed E-state index contributed by atoms with van der Waals surface area (Å²) >= 11 is 0. The number of aromatic carboxylic acids is 1. The van der Waals surface area contributed by atoms with Gasteiger partial charge < -0.3 is 5.11 Å². The van der Waals surface area contributed by atoms with Crippen molar-refractivity contribution in [2.45, 2.75) is 12.8 Å². The van der Waals surface area contributed by atoms with Crippen LogP contribution in [0.1, 0.15) is 27.9 Å². The largest absolute Gasteiger partial charge is 0.478 e. The molecule has 6 heteroatoms. The van der Waals surface area contributed by atoms with Crippen LogP contribution in [0.3, 0.4) is 0 Å². The normalized spacial score (nSPS) is 10.3. The van der Waals surface area contributed by atoms with E-state index in [4.69, 9.17) is 5.26 Å². The van der Waals surface area contributed by atoms with Gasteiger partial charge in [0.15, 0.2) is 5.82 Å². The van der Waals surface area contributed by atoms with Crippen LogP contribution in [0.4, 0.5) is 4.39 Å². The minimum Gasteiger partial charge on any atom is -0.478 e. The maximum Gasteiger partial charge on any atom is 0.336 e. The predicted octanol–water partition coefficient (Wildman–Crippen LogP) is 4.64. The van der Waals surface area contributed by atoms with E-state index >= 15 is 0 Å². The Balaban J connectivity index is 2.05. The summed E-state index contributed by atoms with van der Waals surface area (Å²) < 4.78 is 14.0. The number of carbonyl (C=O) groups is 1. The Hall–Kier alpha value is -3.85. The molecule has 0 saturated carbocycles. The molecule has 0 atom stereocenters. The van der Waals surface area contributed by atoms with E-state index in [1.807, 2.05) is 6.08 Å². The van der Waals surface area contributed by atoms with Gasteiger partial charge in [0.1, 0.15) is 11.9 Å². The summed E-state index contributed by atoms with van der Waals surface area (Å²) in [5.74, 6) is -1.40. The van der Waals surface area contributed by atoms with Crippen molar-refractivity contribution in [3.05, 3.63) is 84.0 Å². The van der Waals surface area contributed by atoms with Crippen molar-refractivity contribution in [2.75, 3.05) is 0 Å². The summed E-state index contributed by atoms with van der Waals surface area (Å²) in [4.78, 5) is 20.3. The van der Waals surface area contributed by atoms with Gasteiger partial charge >= 0.3 is 5.97 Å². The van der Waals surface area contributed by atoms with Crippen LogP contribution in [-0.4, -0.2) is 21.0 Å². The number of aromatic nitrogens is 2. The molecule has 0 fully saturated rings. The first-order valence-electron chi connectivity index (χ1n) is 8.53. The fraction of sp³-hybridized carbons (Fsp3) is 0.0909. The lowest BCUT2D eigenvalue weighted by Gasteiger charge is -2.10. The van der Waals surface area contributed by atoms with Crippen LogP contribution in [0.5, 0.6) is 0 Å². The fourth-order valence-corrected chi connectivity index (χ4v) is 2.78. The van der Waals surface area contributed by atoms with E-state index in [2.05, 4.69) is 16.5 Å². The van der Waals surface area contributed by atoms with Crippen LogP contribution < -0.4 is 0 Å². The molecule has 0 spiro atoms. The highest BCUT2D eigenvalue weighted by Gasteiger charge is 2.15. The smallest absolute Gasteiger partial charge is 0.336 e. The van der Waals surface area contributed by atoms with Gasteiger partial charge in [-0.2, -0.15) is 5.26 Å². The van der Waals surface area contributed by atoms with Crippen LogP contribution in [0.2, 0.25) is 0 Å². The Morgan fingerprint density at radius 2 is 1.89 bits per heavy atom. The summed E-state index contributed by atoms with van der Waals surface area (Å²) in [7, 11) is 0. The molecule has 0 bridgehead atoms. The molecule has 1 aromatic heterocycles. The van der Waals surface area contributed by atoms with Crippen molar-refractivity contribution < 1.29 is 14.3 Å². The minimum atomic E-state index is -1.13. The monoisotopic (exact) mass is 373 g/mol. The molecule has 28 heavy (non-hydrogen) atoms. The Morgan fingerprint density at radius 3 is 2.50 bits per heavy atom. The average Bonchev–Trinajstić information content (AvgIpc) is 2.72. The van der Waals surface area contributed by atoms with Gasteiger partial charge in [0.2, 0.25) is 0 Å². The molecule has 0 unspecified atom stereocenters. The molecule has 3 aromatic rings. The molecule has 5 nitrogen and oxygen atoms in total. The van der Waals surface area contributed by atoms with E-state index in [0.717, 1.165) is 24.5 Å². The summed E-state index contributed by atoms with van der Waals surface area (Å²) in [6.07, 6.45) is 6.87. The number of hydrogen-bond donors (Lipinski definition) is 1. The van der Waals surface area contributed by atoms with Gasteiger partial charge in [0.25, 0.3) is 0 Å². The van der Waals surface area contributed by atoms with E-state index in [1.54, 1.807) is 30.6 Å². The minimum absolute atomic E-state index is 0.0236. The first-order chi connectivity index (χ1) is 13.5. The molecule has 0 aliphatic heterocycles. The number of rotatable bonds is 6. The summed E-state index contributed by atoms with van der Waals surface area (Å²) in [5.41, 5.74) is 2.19. The van der Waals surface area contributed by atoms with Crippen molar-refractivity contribution in [3.63, 3.8) is 0 Å². The molecular weight excluding hydrogens is 357 g/mol. The number of hydrogen-bond acceptors (Lipinski definition) is 4. The number of allylic oxidation sites excluding steroid dienone is 1. The SMILES string of the molecule is C=CCCc1cnc(-c2ccc(C(=O)O)c(-c3ccc(C#N)c(F)c3)c2)nc1. The lowest BCUT2D eigenvalue weighted by atomic mass is 9.96. The Morgan fingerprint density at radius 1 is 1.18 bits per heavy atom. The third kappa shape index (κ3) is 3.94. The Labute approximate surface area is 161 Å². The van der Waals surface area contributed by atoms with Crippen molar-refractivity contribution in [1.82, 2.24) is 9.97 Å². The van der Waals surface area contributed by atoms with Crippen molar-refractivity contribution >= 4 is 5.97 Å². The van der Waals surface area contributed by atoms with Gasteiger partial charge in [-0.3, -0.25) is 0 Å². The molecule has 3 rings (SSSR count). The number of nitrogens with zero attached hydrogens (tertiary/aromatic N) is 3. The zero-order chi connectivity index (χ0) is 20.1. The van der Waals surface area contributed by atoms with Gasteiger partial charge in [0, 0.05) is 18.0 Å². The highest BCUT2D eigenvalue weighted by molar-refractivity contribution is 5.97. The number of carboxylic acids is 1.